The zero-order valence-corrected chi connectivity index (χ0v) is 12.3. The van der Waals surface area contributed by atoms with E-state index in [-0.39, 0.29) is 6.03 Å². The third-order valence-electron chi connectivity index (χ3n) is 4.49. The molecule has 2 unspecified atom stereocenters. The van der Waals surface area contributed by atoms with Gasteiger partial charge in [0.15, 0.2) is 0 Å². The Morgan fingerprint density at radius 2 is 1.85 bits per heavy atom. The molecule has 1 aromatic rings. The summed E-state index contributed by atoms with van der Waals surface area (Å²) in [5, 5.41) is 3.42. The van der Waals surface area contributed by atoms with Crippen molar-refractivity contribution in [2.75, 3.05) is 24.5 Å². The summed E-state index contributed by atoms with van der Waals surface area (Å²) in [4.78, 5) is 16.9. The molecule has 2 saturated heterocycles. The fourth-order valence-electron chi connectivity index (χ4n) is 3.38. The lowest BCUT2D eigenvalue weighted by Crippen LogP contribution is -2.57. The van der Waals surface area contributed by atoms with Crippen molar-refractivity contribution in [1.82, 2.24) is 10.2 Å². The zero-order chi connectivity index (χ0) is 14.1. The molecule has 2 aliphatic rings. The van der Waals surface area contributed by atoms with Gasteiger partial charge in [0.1, 0.15) is 0 Å². The van der Waals surface area contributed by atoms with Crippen molar-refractivity contribution in [2.45, 2.75) is 38.8 Å². The van der Waals surface area contributed by atoms with E-state index in [0.717, 1.165) is 31.6 Å². The van der Waals surface area contributed by atoms with E-state index in [2.05, 4.69) is 29.3 Å². The van der Waals surface area contributed by atoms with Crippen molar-refractivity contribution >= 4 is 11.7 Å². The van der Waals surface area contributed by atoms with Gasteiger partial charge < -0.3 is 10.2 Å². The van der Waals surface area contributed by atoms with Crippen LogP contribution in [-0.4, -0.2) is 42.6 Å². The summed E-state index contributed by atoms with van der Waals surface area (Å²) in [5.41, 5.74) is 2.22. The molecule has 0 saturated carbocycles. The standard InChI is InChI=1S/C16H23N3O/c1-3-18(13-6-4-12(2)5-7-13)16(20)19-14-8-9-15(19)11-17-10-14/h4-7,14-15,17H,3,8-11H2,1-2H3. The van der Waals surface area contributed by atoms with Gasteiger partial charge >= 0.3 is 6.03 Å². The van der Waals surface area contributed by atoms with Crippen LogP contribution in [0.3, 0.4) is 0 Å². The van der Waals surface area contributed by atoms with E-state index in [0.29, 0.717) is 18.6 Å². The number of nitrogens with one attached hydrogen (secondary N) is 1. The van der Waals surface area contributed by atoms with Crippen molar-refractivity contribution in [3.05, 3.63) is 29.8 Å². The summed E-state index contributed by atoms with van der Waals surface area (Å²) in [6, 6.07) is 9.14. The molecule has 4 heteroatoms. The van der Waals surface area contributed by atoms with Gasteiger partial charge in [0.05, 0.1) is 0 Å². The molecule has 2 heterocycles. The molecule has 0 aliphatic carbocycles. The van der Waals surface area contributed by atoms with Gasteiger partial charge in [-0.2, -0.15) is 0 Å². The van der Waals surface area contributed by atoms with Crippen LogP contribution in [-0.2, 0) is 0 Å². The molecular weight excluding hydrogens is 250 g/mol. The quantitative estimate of drug-likeness (QED) is 0.898. The number of amides is 2. The highest BCUT2D eigenvalue weighted by molar-refractivity contribution is 5.92. The number of nitrogens with zero attached hydrogens (tertiary/aromatic N) is 2. The van der Waals surface area contributed by atoms with E-state index in [9.17, 15) is 4.79 Å². The summed E-state index contributed by atoms with van der Waals surface area (Å²) in [6.45, 7) is 6.70. The minimum atomic E-state index is 0.172. The van der Waals surface area contributed by atoms with E-state index < -0.39 is 0 Å². The van der Waals surface area contributed by atoms with Crippen LogP contribution in [0.2, 0.25) is 0 Å². The molecule has 108 valence electrons. The van der Waals surface area contributed by atoms with Crippen LogP contribution < -0.4 is 10.2 Å². The monoisotopic (exact) mass is 273 g/mol. The van der Waals surface area contributed by atoms with Crippen molar-refractivity contribution in [3.8, 4) is 0 Å². The lowest BCUT2D eigenvalue weighted by atomic mass is 10.2. The first-order chi connectivity index (χ1) is 9.70. The second-order valence-electron chi connectivity index (χ2n) is 5.81. The van der Waals surface area contributed by atoms with Crippen LogP contribution in [0.25, 0.3) is 0 Å². The molecule has 0 aromatic heterocycles. The number of hydrogen-bond donors (Lipinski definition) is 1. The summed E-state index contributed by atoms with van der Waals surface area (Å²) in [6.07, 6.45) is 2.27. The molecule has 2 aliphatic heterocycles. The van der Waals surface area contributed by atoms with Crippen LogP contribution in [0.4, 0.5) is 10.5 Å². The summed E-state index contributed by atoms with van der Waals surface area (Å²) in [5.74, 6) is 0. The molecule has 20 heavy (non-hydrogen) atoms. The average molecular weight is 273 g/mol. The fraction of sp³-hybridized carbons (Fsp3) is 0.562. The topological polar surface area (TPSA) is 35.6 Å². The first kappa shape index (κ1) is 13.4. The molecule has 2 fully saturated rings. The Hall–Kier alpha value is -1.55. The molecule has 0 spiro atoms. The number of carbonyl (C=O) groups excluding carboxylic acids is 1. The SMILES string of the molecule is CCN(C(=O)N1C2CCC1CNC2)c1ccc(C)cc1. The second kappa shape index (κ2) is 5.44. The molecule has 3 rings (SSSR count). The summed E-state index contributed by atoms with van der Waals surface area (Å²) < 4.78 is 0. The van der Waals surface area contributed by atoms with E-state index in [4.69, 9.17) is 0 Å². The van der Waals surface area contributed by atoms with Gasteiger partial charge in [-0.05, 0) is 38.8 Å². The Labute approximate surface area is 120 Å². The van der Waals surface area contributed by atoms with E-state index in [1.54, 1.807) is 0 Å². The Balaban J connectivity index is 1.82. The number of fused-ring (bicyclic) bond motifs is 2. The van der Waals surface area contributed by atoms with Gasteiger partial charge in [0, 0.05) is 37.4 Å². The van der Waals surface area contributed by atoms with E-state index in [1.165, 1.54) is 5.56 Å². The smallest absolute Gasteiger partial charge is 0.316 e. The molecule has 4 nitrogen and oxygen atoms in total. The minimum absolute atomic E-state index is 0.172. The highest BCUT2D eigenvalue weighted by atomic mass is 16.2. The van der Waals surface area contributed by atoms with Crippen LogP contribution in [0.5, 0.6) is 0 Å². The maximum Gasteiger partial charge on any atom is 0.325 e. The fourth-order valence-corrected chi connectivity index (χ4v) is 3.38. The maximum absolute atomic E-state index is 12.9. The average Bonchev–Trinajstić information content (AvgIpc) is 2.71. The maximum atomic E-state index is 12.9. The van der Waals surface area contributed by atoms with E-state index >= 15 is 0 Å². The normalized spacial score (nSPS) is 24.8. The zero-order valence-electron chi connectivity index (χ0n) is 12.3. The third-order valence-corrected chi connectivity index (χ3v) is 4.49. The molecule has 2 atom stereocenters. The van der Waals surface area contributed by atoms with Gasteiger partial charge in [-0.3, -0.25) is 4.90 Å². The predicted molar refractivity (Wildman–Crippen MR) is 81.1 cm³/mol. The van der Waals surface area contributed by atoms with Gasteiger partial charge in [-0.25, -0.2) is 4.79 Å². The Kier molecular flexibility index (Phi) is 3.66. The summed E-state index contributed by atoms with van der Waals surface area (Å²) in [7, 11) is 0. The number of carbonyl (C=O) groups is 1. The first-order valence-corrected chi connectivity index (χ1v) is 7.58. The molecule has 1 N–H and O–H groups in total. The lowest BCUT2D eigenvalue weighted by Gasteiger charge is -2.38. The predicted octanol–water partition coefficient (Wildman–Crippen LogP) is 2.38. The van der Waals surface area contributed by atoms with Crippen LogP contribution >= 0.6 is 0 Å². The largest absolute Gasteiger partial charge is 0.325 e. The summed E-state index contributed by atoms with van der Waals surface area (Å²) >= 11 is 0. The van der Waals surface area contributed by atoms with Gasteiger partial charge in [0.2, 0.25) is 0 Å². The number of rotatable bonds is 2. The molecule has 2 bridgehead atoms. The van der Waals surface area contributed by atoms with Crippen molar-refractivity contribution in [1.29, 1.82) is 0 Å². The number of benzene rings is 1. The Bertz CT molecular complexity index is 469. The number of aryl methyl sites for hydroxylation is 1. The van der Waals surface area contributed by atoms with Crippen molar-refractivity contribution < 1.29 is 4.79 Å². The van der Waals surface area contributed by atoms with Gasteiger partial charge in [-0.15, -0.1) is 0 Å². The van der Waals surface area contributed by atoms with Crippen molar-refractivity contribution in [2.24, 2.45) is 0 Å². The van der Waals surface area contributed by atoms with Gasteiger partial charge in [-0.1, -0.05) is 17.7 Å². The Morgan fingerprint density at radius 1 is 1.25 bits per heavy atom. The van der Waals surface area contributed by atoms with Crippen LogP contribution in [0, 0.1) is 6.92 Å². The molecule has 0 radical (unpaired) electrons. The Morgan fingerprint density at radius 3 is 2.40 bits per heavy atom. The lowest BCUT2D eigenvalue weighted by molar-refractivity contribution is 0.160. The van der Waals surface area contributed by atoms with E-state index in [1.807, 2.05) is 24.0 Å². The third kappa shape index (κ3) is 2.29. The number of anilines is 1. The van der Waals surface area contributed by atoms with Crippen LogP contribution in [0.15, 0.2) is 24.3 Å². The highest BCUT2D eigenvalue weighted by Gasteiger charge is 2.41. The molecule has 2 amide bonds. The van der Waals surface area contributed by atoms with Gasteiger partial charge in [0.25, 0.3) is 0 Å². The minimum Gasteiger partial charge on any atom is -0.316 e. The van der Waals surface area contributed by atoms with Crippen LogP contribution in [0.1, 0.15) is 25.3 Å². The van der Waals surface area contributed by atoms with Crippen molar-refractivity contribution in [3.63, 3.8) is 0 Å². The number of piperazine rings is 1. The molecule has 1 aromatic carbocycles. The highest BCUT2D eigenvalue weighted by Crippen LogP contribution is 2.29. The number of urea groups is 1. The second-order valence-corrected chi connectivity index (χ2v) is 5.81. The first-order valence-electron chi connectivity index (χ1n) is 7.58. The number of hydrogen-bond acceptors (Lipinski definition) is 2. The molecular formula is C16H23N3O.